The van der Waals surface area contributed by atoms with E-state index >= 15 is 0 Å². The summed E-state index contributed by atoms with van der Waals surface area (Å²) in [7, 11) is 4.85. The van der Waals surface area contributed by atoms with Crippen molar-refractivity contribution in [3.8, 4) is 0 Å². The van der Waals surface area contributed by atoms with Gasteiger partial charge in [-0.05, 0) is 43.9 Å². The molecule has 8 rings (SSSR count). The topological polar surface area (TPSA) is 161 Å². The number of amides is 2. The number of piperidine rings is 1. The molecule has 2 heterocycles. The number of hydrogen-bond donors (Lipinski definition) is 2. The lowest BCUT2D eigenvalue weighted by Crippen LogP contribution is -2.82. The van der Waals surface area contributed by atoms with Gasteiger partial charge in [0, 0.05) is 82.1 Å². The summed E-state index contributed by atoms with van der Waals surface area (Å²) in [4.78, 5) is 55.9. The SMILES string of the molecule is CCN1C[C@]2(COC(=O)c3ccccc3N3C(=O)C[C@H](C)C3=O)CC[C@H](OC)[C@@]34[C@@H]5C[C@H]6[C@H](OC(C)=O)[C@@H]5[C@](O)(C[C@@H]6OC)[C@](O)([C@@H](OC)[C@H]23)[C@@H]14. The molecular formula is C38H50N2O11. The van der Waals surface area contributed by atoms with Crippen LogP contribution in [0.2, 0.25) is 0 Å². The van der Waals surface area contributed by atoms with E-state index < -0.39 is 76.1 Å². The third-order valence-electron chi connectivity index (χ3n) is 14.6. The lowest BCUT2D eigenvalue weighted by molar-refractivity contribution is -0.319. The Labute approximate surface area is 297 Å². The summed E-state index contributed by atoms with van der Waals surface area (Å²) >= 11 is 0. The molecule has 7 bridgehead atoms. The van der Waals surface area contributed by atoms with Crippen LogP contribution in [0.1, 0.15) is 63.2 Å². The number of likely N-dealkylation sites (N-methyl/N-ethyl adjacent to an activating group) is 1. The largest absolute Gasteiger partial charge is 0.462 e. The zero-order valence-corrected chi connectivity index (χ0v) is 30.2. The minimum Gasteiger partial charge on any atom is -0.462 e. The van der Waals surface area contributed by atoms with Gasteiger partial charge in [-0.3, -0.25) is 19.3 Å². The molecule has 2 amide bonds. The normalized spacial score (nSPS) is 46.4. The first kappa shape index (κ1) is 35.1. The van der Waals surface area contributed by atoms with Gasteiger partial charge in [-0.15, -0.1) is 0 Å². The van der Waals surface area contributed by atoms with Crippen LogP contribution >= 0.6 is 0 Å². The van der Waals surface area contributed by atoms with Crippen molar-refractivity contribution < 1.29 is 53.1 Å². The highest BCUT2D eigenvalue weighted by Gasteiger charge is 2.92. The quantitative estimate of drug-likeness (QED) is 0.284. The van der Waals surface area contributed by atoms with Crippen LogP contribution in [0.25, 0.3) is 0 Å². The summed E-state index contributed by atoms with van der Waals surface area (Å²) in [6.07, 6.45) is -0.303. The number of benzene rings is 1. The number of likely N-dealkylation sites (tertiary alicyclic amines) is 1. The third kappa shape index (κ3) is 4.19. The maximum Gasteiger partial charge on any atom is 0.340 e. The van der Waals surface area contributed by atoms with Crippen molar-refractivity contribution in [2.24, 2.45) is 40.4 Å². The number of hydrogen-bond acceptors (Lipinski definition) is 12. The van der Waals surface area contributed by atoms with Gasteiger partial charge >= 0.3 is 11.9 Å². The van der Waals surface area contributed by atoms with E-state index in [-0.39, 0.29) is 60.5 Å². The number of methoxy groups -OCH3 is 3. The number of anilines is 1. The highest BCUT2D eigenvalue weighted by atomic mass is 16.6. The van der Waals surface area contributed by atoms with Gasteiger partial charge in [0.1, 0.15) is 17.3 Å². The second-order valence-corrected chi connectivity index (χ2v) is 16.3. The molecule has 5 aliphatic carbocycles. The molecule has 1 aromatic carbocycles. The number of carbonyl (C=O) groups is 4. The van der Waals surface area contributed by atoms with Crippen LogP contribution in [0, 0.1) is 40.4 Å². The first-order valence-corrected chi connectivity index (χ1v) is 18.4. The number of nitrogens with zero attached hydrogens (tertiary/aromatic N) is 2. The Kier molecular flexibility index (Phi) is 8.11. The summed E-state index contributed by atoms with van der Waals surface area (Å²) in [6, 6.07) is 5.95. The second kappa shape index (κ2) is 11.8. The van der Waals surface area contributed by atoms with Crippen LogP contribution in [0.3, 0.4) is 0 Å². The Morgan fingerprint density at radius 3 is 2.43 bits per heavy atom. The fourth-order valence-corrected chi connectivity index (χ4v) is 13.2. The lowest BCUT2D eigenvalue weighted by Gasteiger charge is -2.70. The number of ether oxygens (including phenoxy) is 5. The van der Waals surface area contributed by atoms with Crippen LogP contribution in [0.15, 0.2) is 24.3 Å². The molecule has 13 heteroatoms. The number of imide groups is 1. The molecule has 5 saturated carbocycles. The second-order valence-electron chi connectivity index (χ2n) is 16.3. The Morgan fingerprint density at radius 2 is 1.80 bits per heavy atom. The molecule has 0 aromatic heterocycles. The molecular weight excluding hydrogens is 660 g/mol. The molecule has 1 spiro atoms. The van der Waals surface area contributed by atoms with Gasteiger partial charge in [-0.1, -0.05) is 26.0 Å². The monoisotopic (exact) mass is 710 g/mol. The summed E-state index contributed by atoms with van der Waals surface area (Å²) in [5.41, 5.74) is -4.72. The zero-order chi connectivity index (χ0) is 36.4. The third-order valence-corrected chi connectivity index (χ3v) is 14.6. The van der Waals surface area contributed by atoms with Gasteiger partial charge in [0.25, 0.3) is 0 Å². The number of esters is 2. The Morgan fingerprint density at radius 1 is 1.06 bits per heavy atom. The molecule has 2 saturated heterocycles. The number of rotatable bonds is 9. The number of fused-ring (bicyclic) bond motifs is 2. The van der Waals surface area contributed by atoms with E-state index in [0.29, 0.717) is 32.4 Å². The number of carbonyl (C=O) groups excluding carboxylic acids is 4. The van der Waals surface area contributed by atoms with Gasteiger partial charge in [-0.25, -0.2) is 9.69 Å². The molecule has 0 radical (unpaired) electrons. The van der Waals surface area contributed by atoms with E-state index in [4.69, 9.17) is 23.7 Å². The first-order chi connectivity index (χ1) is 24.3. The van der Waals surface area contributed by atoms with Crippen molar-refractivity contribution in [2.75, 3.05) is 45.9 Å². The average Bonchev–Trinajstić information content (AvgIpc) is 3.61. The smallest absolute Gasteiger partial charge is 0.340 e. The lowest BCUT2D eigenvalue weighted by atomic mass is 9.42. The molecule has 2 aliphatic heterocycles. The highest BCUT2D eigenvalue weighted by molar-refractivity contribution is 6.22. The molecule has 51 heavy (non-hydrogen) atoms. The van der Waals surface area contributed by atoms with Crippen LogP contribution in [0.5, 0.6) is 0 Å². The Balaban J connectivity index is 1.24. The highest BCUT2D eigenvalue weighted by Crippen LogP contribution is 2.80. The molecule has 0 unspecified atom stereocenters. The van der Waals surface area contributed by atoms with Crippen molar-refractivity contribution in [1.29, 1.82) is 0 Å². The molecule has 2 N–H and O–H groups in total. The van der Waals surface area contributed by atoms with Crippen molar-refractivity contribution >= 4 is 29.4 Å². The maximum atomic E-state index is 14.1. The predicted molar refractivity (Wildman–Crippen MR) is 179 cm³/mol. The predicted octanol–water partition coefficient (Wildman–Crippen LogP) is 1.95. The summed E-state index contributed by atoms with van der Waals surface area (Å²) in [6.45, 7) is 6.10. The van der Waals surface area contributed by atoms with Crippen molar-refractivity contribution in [3.05, 3.63) is 29.8 Å². The van der Waals surface area contributed by atoms with Crippen molar-refractivity contribution in [1.82, 2.24) is 4.90 Å². The van der Waals surface area contributed by atoms with Gasteiger partial charge < -0.3 is 33.9 Å². The fourth-order valence-electron chi connectivity index (χ4n) is 13.2. The summed E-state index contributed by atoms with van der Waals surface area (Å²) in [5.74, 6) is -3.74. The molecule has 14 atom stereocenters. The summed E-state index contributed by atoms with van der Waals surface area (Å²) < 4.78 is 31.1. The van der Waals surface area contributed by atoms with Crippen LogP contribution in [-0.2, 0) is 38.1 Å². The van der Waals surface area contributed by atoms with Gasteiger partial charge in [0.2, 0.25) is 11.8 Å². The van der Waals surface area contributed by atoms with Crippen molar-refractivity contribution in [3.63, 3.8) is 0 Å². The van der Waals surface area contributed by atoms with E-state index in [1.54, 1.807) is 52.5 Å². The maximum absolute atomic E-state index is 14.1. The zero-order valence-electron chi connectivity index (χ0n) is 30.2. The molecule has 278 valence electrons. The Bertz CT molecular complexity index is 1650. The van der Waals surface area contributed by atoms with Gasteiger partial charge in [0.05, 0.1) is 42.2 Å². The molecule has 7 fully saturated rings. The van der Waals surface area contributed by atoms with E-state index in [1.807, 2.05) is 6.92 Å². The van der Waals surface area contributed by atoms with E-state index in [0.717, 1.165) is 4.90 Å². The Hall–Kier alpha value is -2.94. The van der Waals surface area contributed by atoms with E-state index in [2.05, 4.69) is 4.90 Å². The average molecular weight is 711 g/mol. The van der Waals surface area contributed by atoms with Gasteiger partial charge in [-0.2, -0.15) is 0 Å². The van der Waals surface area contributed by atoms with E-state index in [9.17, 15) is 29.4 Å². The van der Waals surface area contributed by atoms with E-state index in [1.165, 1.54) is 6.92 Å². The van der Waals surface area contributed by atoms with Crippen LogP contribution in [-0.4, -0.2) is 122 Å². The molecule has 13 nitrogen and oxygen atoms in total. The minimum atomic E-state index is -1.82. The van der Waals surface area contributed by atoms with Crippen molar-refractivity contribution in [2.45, 2.75) is 94.5 Å². The van der Waals surface area contributed by atoms with Gasteiger partial charge in [0.15, 0.2) is 0 Å². The molecule has 1 aromatic rings. The summed E-state index contributed by atoms with van der Waals surface area (Å²) in [5, 5.41) is 26.7. The first-order valence-electron chi connectivity index (χ1n) is 18.4. The number of para-hydroxylation sites is 1. The number of aliphatic hydroxyl groups is 2. The fraction of sp³-hybridized carbons (Fsp3) is 0.737. The van der Waals surface area contributed by atoms with Crippen LogP contribution < -0.4 is 4.90 Å². The van der Waals surface area contributed by atoms with Crippen LogP contribution in [0.4, 0.5) is 5.69 Å². The minimum absolute atomic E-state index is 0.0201. The molecule has 7 aliphatic rings. The standard InChI is InChI=1S/C38H50N2O11/c1-7-39-17-35(18-50-33(44)21-10-8-9-11-24(21)40-27(42)14-19(2)32(40)43)13-12-26(48-5)37-23-15-22-25(47-4)16-36(45,28(23)29(22)51-20(3)41)38(46,34(37)39)31(49-6)30(35)37/h8-11,19,22-23,25-26,28-31,34,45-46H,7,12-18H2,1-6H3/t19-,22+,23+,25-,26-,28+,29-,30+,31-,34-,35-,36+,37-,38-/m0/s1.